The molecule has 1 amide bonds. The number of carbonyl (C=O) groups is 1. The van der Waals surface area contributed by atoms with Gasteiger partial charge in [-0.3, -0.25) is 14.9 Å². The molecular formula is C13H11N5O2S. The van der Waals surface area contributed by atoms with Crippen molar-refractivity contribution in [2.45, 2.75) is 6.92 Å². The third-order valence-electron chi connectivity index (χ3n) is 2.92. The van der Waals surface area contributed by atoms with E-state index in [1.807, 2.05) is 0 Å². The highest BCUT2D eigenvalue weighted by molar-refractivity contribution is 7.15. The second-order valence-electron chi connectivity index (χ2n) is 4.40. The predicted octanol–water partition coefficient (Wildman–Crippen LogP) is 1.35. The van der Waals surface area contributed by atoms with E-state index in [0.29, 0.717) is 15.9 Å². The van der Waals surface area contributed by atoms with Crippen LogP contribution in [0.1, 0.15) is 15.5 Å². The quantitative estimate of drug-likeness (QED) is 0.771. The van der Waals surface area contributed by atoms with Crippen molar-refractivity contribution in [1.82, 2.24) is 20.0 Å². The minimum atomic E-state index is -0.419. The topological polar surface area (TPSA) is 89.8 Å². The third kappa shape index (κ3) is 2.40. The maximum Gasteiger partial charge on any atom is 0.278 e. The Morgan fingerprint density at radius 3 is 2.62 bits per heavy atom. The van der Waals surface area contributed by atoms with Gasteiger partial charge in [0, 0.05) is 12.4 Å². The summed E-state index contributed by atoms with van der Waals surface area (Å²) in [5.74, 6) is -0.419. The molecule has 0 bridgehead atoms. The normalized spacial score (nSPS) is 10.8. The summed E-state index contributed by atoms with van der Waals surface area (Å²) in [7, 11) is 1.51. The van der Waals surface area contributed by atoms with Crippen LogP contribution in [0.5, 0.6) is 0 Å². The number of fused-ring (bicyclic) bond motifs is 1. The van der Waals surface area contributed by atoms with E-state index in [1.54, 1.807) is 31.2 Å². The fourth-order valence-electron chi connectivity index (χ4n) is 1.97. The van der Waals surface area contributed by atoms with Gasteiger partial charge in [0.15, 0.2) is 5.69 Å². The Kier molecular flexibility index (Phi) is 3.22. The van der Waals surface area contributed by atoms with Gasteiger partial charge in [-0.25, -0.2) is 4.68 Å². The van der Waals surface area contributed by atoms with Crippen molar-refractivity contribution < 1.29 is 4.79 Å². The van der Waals surface area contributed by atoms with E-state index < -0.39 is 5.91 Å². The van der Waals surface area contributed by atoms with E-state index in [0.717, 1.165) is 9.69 Å². The molecular weight excluding hydrogens is 290 g/mol. The molecule has 0 spiro atoms. The van der Waals surface area contributed by atoms with Gasteiger partial charge in [-0.2, -0.15) is 5.10 Å². The minimum absolute atomic E-state index is 0.181. The number of aryl methyl sites for hydroxylation is 2. The first-order chi connectivity index (χ1) is 10.1. The Balaban J connectivity index is 2.09. The van der Waals surface area contributed by atoms with Gasteiger partial charge in [-0.1, -0.05) is 29.5 Å². The Morgan fingerprint density at radius 2 is 1.95 bits per heavy atom. The number of rotatable bonds is 2. The number of nitrogens with zero attached hydrogens (tertiary/aromatic N) is 4. The van der Waals surface area contributed by atoms with Crippen LogP contribution in [0.2, 0.25) is 0 Å². The largest absolute Gasteiger partial charge is 0.295 e. The van der Waals surface area contributed by atoms with Crippen molar-refractivity contribution in [3.05, 3.63) is 45.3 Å². The highest BCUT2D eigenvalue weighted by atomic mass is 32.1. The van der Waals surface area contributed by atoms with Crippen molar-refractivity contribution in [3.63, 3.8) is 0 Å². The summed E-state index contributed by atoms with van der Waals surface area (Å²) < 4.78 is 1.16. The van der Waals surface area contributed by atoms with Crippen molar-refractivity contribution in [3.8, 4) is 0 Å². The number of amides is 1. The Labute approximate surface area is 123 Å². The first kappa shape index (κ1) is 13.4. The summed E-state index contributed by atoms with van der Waals surface area (Å²) in [6.45, 7) is 1.80. The molecule has 1 aromatic carbocycles. The van der Waals surface area contributed by atoms with Gasteiger partial charge in [0.25, 0.3) is 11.5 Å². The molecule has 0 aliphatic carbocycles. The summed E-state index contributed by atoms with van der Waals surface area (Å²) in [6, 6.07) is 6.88. The number of anilines is 1. The van der Waals surface area contributed by atoms with Crippen molar-refractivity contribution >= 4 is 33.1 Å². The molecule has 0 unspecified atom stereocenters. The molecule has 2 aromatic heterocycles. The maximum atomic E-state index is 12.4. The van der Waals surface area contributed by atoms with Gasteiger partial charge in [-0.15, -0.1) is 10.2 Å². The second kappa shape index (κ2) is 5.06. The molecule has 0 saturated heterocycles. The highest BCUT2D eigenvalue weighted by Gasteiger charge is 2.16. The van der Waals surface area contributed by atoms with Gasteiger partial charge in [0.1, 0.15) is 5.01 Å². The SMILES string of the molecule is Cc1nnc(NC(=O)c2nn(C)c(=O)c3ccccc23)s1. The first-order valence-electron chi connectivity index (χ1n) is 6.14. The molecule has 0 aliphatic heterocycles. The van der Waals surface area contributed by atoms with Gasteiger partial charge in [0.05, 0.1) is 5.39 Å². The molecule has 3 aromatic rings. The van der Waals surface area contributed by atoms with E-state index in [1.165, 1.54) is 18.4 Å². The smallest absolute Gasteiger partial charge is 0.278 e. The lowest BCUT2D eigenvalue weighted by Gasteiger charge is -2.07. The standard InChI is InChI=1S/C13H11N5O2S/c1-7-15-16-13(21-7)14-11(19)10-8-5-3-4-6-9(8)12(20)18(2)17-10/h3-6H,1-2H3,(H,14,16,19). The molecule has 3 rings (SSSR count). The molecule has 8 heteroatoms. The lowest BCUT2D eigenvalue weighted by atomic mass is 10.1. The first-order valence-corrected chi connectivity index (χ1v) is 6.95. The van der Waals surface area contributed by atoms with Crippen LogP contribution in [0, 0.1) is 6.92 Å². The van der Waals surface area contributed by atoms with E-state index >= 15 is 0 Å². The van der Waals surface area contributed by atoms with Crippen LogP contribution in [0.3, 0.4) is 0 Å². The Morgan fingerprint density at radius 1 is 1.24 bits per heavy atom. The average Bonchev–Trinajstić information content (AvgIpc) is 2.88. The molecule has 0 atom stereocenters. The van der Waals surface area contributed by atoms with Crippen molar-refractivity contribution in [2.24, 2.45) is 7.05 Å². The maximum absolute atomic E-state index is 12.4. The summed E-state index contributed by atoms with van der Waals surface area (Å²) in [5, 5.41) is 16.5. The monoisotopic (exact) mass is 301 g/mol. The lowest BCUT2D eigenvalue weighted by molar-refractivity contribution is 0.102. The summed E-state index contributed by atoms with van der Waals surface area (Å²) >= 11 is 1.27. The molecule has 0 aliphatic rings. The number of aromatic nitrogens is 4. The van der Waals surface area contributed by atoms with Crippen molar-refractivity contribution in [1.29, 1.82) is 0 Å². The van der Waals surface area contributed by atoms with E-state index in [4.69, 9.17) is 0 Å². The van der Waals surface area contributed by atoms with E-state index in [2.05, 4.69) is 20.6 Å². The number of nitrogens with one attached hydrogen (secondary N) is 1. The zero-order chi connectivity index (χ0) is 15.0. The van der Waals surface area contributed by atoms with Gasteiger partial charge in [0.2, 0.25) is 5.13 Å². The molecule has 1 N–H and O–H groups in total. The summed E-state index contributed by atoms with van der Waals surface area (Å²) in [6.07, 6.45) is 0. The van der Waals surface area contributed by atoms with Crippen LogP contribution >= 0.6 is 11.3 Å². The zero-order valence-corrected chi connectivity index (χ0v) is 12.1. The molecule has 0 fully saturated rings. The summed E-state index contributed by atoms with van der Waals surface area (Å²) in [4.78, 5) is 24.4. The molecule has 0 radical (unpaired) electrons. The average molecular weight is 301 g/mol. The minimum Gasteiger partial charge on any atom is -0.295 e. The molecule has 7 nitrogen and oxygen atoms in total. The molecule has 2 heterocycles. The summed E-state index contributed by atoms with van der Waals surface area (Å²) in [5.41, 5.74) is -0.0607. The van der Waals surface area contributed by atoms with Gasteiger partial charge < -0.3 is 0 Å². The van der Waals surface area contributed by atoms with E-state index in [9.17, 15) is 9.59 Å². The predicted molar refractivity (Wildman–Crippen MR) is 79.6 cm³/mol. The fraction of sp³-hybridized carbons (Fsp3) is 0.154. The van der Waals surface area contributed by atoms with Crippen LogP contribution in [-0.4, -0.2) is 25.9 Å². The Hall–Kier alpha value is -2.61. The van der Waals surface area contributed by atoms with Crippen LogP contribution in [0.15, 0.2) is 29.1 Å². The highest BCUT2D eigenvalue weighted by Crippen LogP contribution is 2.17. The number of hydrogen-bond donors (Lipinski definition) is 1. The van der Waals surface area contributed by atoms with Crippen molar-refractivity contribution in [2.75, 3.05) is 5.32 Å². The molecule has 0 saturated carbocycles. The van der Waals surface area contributed by atoms with Crippen LogP contribution in [0.4, 0.5) is 5.13 Å². The zero-order valence-electron chi connectivity index (χ0n) is 11.3. The second-order valence-corrected chi connectivity index (χ2v) is 5.58. The van der Waals surface area contributed by atoms with Gasteiger partial charge >= 0.3 is 0 Å². The number of carbonyl (C=O) groups excluding carboxylic acids is 1. The van der Waals surface area contributed by atoms with Crippen LogP contribution < -0.4 is 10.9 Å². The fourth-order valence-corrected chi connectivity index (χ4v) is 2.56. The van der Waals surface area contributed by atoms with Crippen LogP contribution in [0.25, 0.3) is 10.8 Å². The molecule has 106 valence electrons. The Bertz CT molecular complexity index is 899. The third-order valence-corrected chi connectivity index (χ3v) is 3.67. The van der Waals surface area contributed by atoms with E-state index in [-0.39, 0.29) is 11.3 Å². The number of hydrogen-bond acceptors (Lipinski definition) is 6. The van der Waals surface area contributed by atoms with Crippen LogP contribution in [-0.2, 0) is 7.05 Å². The lowest BCUT2D eigenvalue weighted by Crippen LogP contribution is -2.25. The van der Waals surface area contributed by atoms with Gasteiger partial charge in [-0.05, 0) is 13.0 Å². The molecule has 21 heavy (non-hydrogen) atoms. The number of benzene rings is 1.